The number of fused-ring (bicyclic) bond motifs is 1. The fraction of sp³-hybridized carbons (Fsp3) is 0.300. The van der Waals surface area contributed by atoms with Crippen molar-refractivity contribution in [2.75, 3.05) is 23.8 Å². The van der Waals surface area contributed by atoms with E-state index >= 15 is 0 Å². The molecule has 0 bridgehead atoms. The van der Waals surface area contributed by atoms with Crippen LogP contribution in [0.2, 0.25) is 0 Å². The third-order valence-electron chi connectivity index (χ3n) is 4.56. The number of likely N-dealkylation sites (N-methyl/N-ethyl adjacent to an activating group) is 1. The molecule has 130 valence electrons. The van der Waals surface area contributed by atoms with E-state index in [9.17, 15) is 9.59 Å². The Kier molecular flexibility index (Phi) is 4.59. The van der Waals surface area contributed by atoms with Gasteiger partial charge in [0.25, 0.3) is 5.91 Å². The Labute approximate surface area is 148 Å². The van der Waals surface area contributed by atoms with Crippen LogP contribution in [0.15, 0.2) is 54.6 Å². The summed E-state index contributed by atoms with van der Waals surface area (Å²) in [6.45, 7) is 4.64. The summed E-state index contributed by atoms with van der Waals surface area (Å²) in [7, 11) is 1.99. The summed E-state index contributed by atoms with van der Waals surface area (Å²) in [5.74, 6) is -0.221. The number of nitrogens with one attached hydrogen (secondary N) is 2. The molecule has 2 N–H and O–H groups in total. The van der Waals surface area contributed by atoms with Crippen LogP contribution in [0.1, 0.15) is 19.4 Å². The van der Waals surface area contributed by atoms with Gasteiger partial charge < -0.3 is 10.2 Å². The van der Waals surface area contributed by atoms with E-state index in [0.29, 0.717) is 12.2 Å². The minimum atomic E-state index is -0.918. The first-order chi connectivity index (χ1) is 11.9. The number of hydrogen-bond donors (Lipinski definition) is 2. The zero-order valence-electron chi connectivity index (χ0n) is 14.9. The third kappa shape index (κ3) is 3.42. The lowest BCUT2D eigenvalue weighted by molar-refractivity contribution is -0.885. The molecule has 1 heterocycles. The number of quaternary nitrogens is 1. The molecule has 1 unspecified atom stereocenters. The SMILES string of the molecule is C[NH+](CC(=O)N1c2ccccc2NC(=O)C1(C)C)Cc1ccccc1. The Bertz CT molecular complexity index is 787. The van der Waals surface area contributed by atoms with Crippen molar-refractivity contribution in [2.24, 2.45) is 0 Å². The Balaban J connectivity index is 1.81. The molecule has 5 nitrogen and oxygen atoms in total. The molecule has 0 saturated carbocycles. The molecule has 0 fully saturated rings. The maximum Gasteiger partial charge on any atom is 0.283 e. The van der Waals surface area contributed by atoms with Gasteiger partial charge in [0.2, 0.25) is 5.91 Å². The maximum absolute atomic E-state index is 13.0. The number of carbonyl (C=O) groups is 2. The predicted octanol–water partition coefficient (Wildman–Crippen LogP) is 1.47. The molecule has 0 saturated heterocycles. The van der Waals surface area contributed by atoms with Crippen LogP contribution in [0, 0.1) is 0 Å². The molecule has 2 aromatic carbocycles. The molecule has 1 atom stereocenters. The number of carbonyl (C=O) groups excluding carboxylic acids is 2. The molecule has 2 amide bonds. The van der Waals surface area contributed by atoms with E-state index in [2.05, 4.69) is 17.4 Å². The van der Waals surface area contributed by atoms with Gasteiger partial charge in [-0.15, -0.1) is 0 Å². The summed E-state index contributed by atoms with van der Waals surface area (Å²) < 4.78 is 0. The second-order valence-corrected chi connectivity index (χ2v) is 7.06. The van der Waals surface area contributed by atoms with Crippen molar-refractivity contribution in [3.63, 3.8) is 0 Å². The number of amides is 2. The Morgan fingerprint density at radius 1 is 1.08 bits per heavy atom. The Morgan fingerprint density at radius 3 is 2.44 bits per heavy atom. The minimum absolute atomic E-state index is 0.0549. The summed E-state index contributed by atoms with van der Waals surface area (Å²) >= 11 is 0. The highest BCUT2D eigenvalue weighted by Crippen LogP contribution is 2.36. The molecule has 1 aliphatic heterocycles. The number of para-hydroxylation sites is 2. The number of rotatable bonds is 4. The molecule has 2 aromatic rings. The van der Waals surface area contributed by atoms with E-state index in [1.807, 2.05) is 49.5 Å². The predicted molar refractivity (Wildman–Crippen MR) is 98.5 cm³/mol. The van der Waals surface area contributed by atoms with Crippen molar-refractivity contribution in [2.45, 2.75) is 25.9 Å². The van der Waals surface area contributed by atoms with Crippen LogP contribution in [0.5, 0.6) is 0 Å². The van der Waals surface area contributed by atoms with Crippen molar-refractivity contribution in [3.05, 3.63) is 60.2 Å². The summed E-state index contributed by atoms with van der Waals surface area (Å²) in [5.41, 5.74) is 1.70. The largest absolute Gasteiger partial charge is 0.326 e. The van der Waals surface area contributed by atoms with Crippen molar-refractivity contribution in [1.29, 1.82) is 0 Å². The van der Waals surface area contributed by atoms with E-state index in [1.54, 1.807) is 18.7 Å². The van der Waals surface area contributed by atoms with Crippen LogP contribution in [0.25, 0.3) is 0 Å². The number of hydrogen-bond acceptors (Lipinski definition) is 2. The molecule has 1 aliphatic rings. The zero-order chi connectivity index (χ0) is 18.0. The zero-order valence-corrected chi connectivity index (χ0v) is 14.9. The fourth-order valence-corrected chi connectivity index (χ4v) is 3.24. The highest BCUT2D eigenvalue weighted by molar-refractivity contribution is 6.14. The van der Waals surface area contributed by atoms with Gasteiger partial charge in [-0.05, 0) is 26.0 Å². The second kappa shape index (κ2) is 6.69. The molecule has 0 aliphatic carbocycles. The van der Waals surface area contributed by atoms with E-state index in [4.69, 9.17) is 0 Å². The van der Waals surface area contributed by atoms with Gasteiger partial charge in [-0.25, -0.2) is 0 Å². The van der Waals surface area contributed by atoms with Gasteiger partial charge in [-0.1, -0.05) is 42.5 Å². The molecular formula is C20H24N3O2+. The second-order valence-electron chi connectivity index (χ2n) is 7.06. The lowest BCUT2D eigenvalue weighted by Gasteiger charge is -2.42. The average Bonchev–Trinajstić information content (AvgIpc) is 2.56. The van der Waals surface area contributed by atoms with Crippen LogP contribution < -0.4 is 15.1 Å². The maximum atomic E-state index is 13.0. The lowest BCUT2D eigenvalue weighted by atomic mass is 9.96. The standard InChI is InChI=1S/C20H23N3O2/c1-20(2)19(25)21-16-11-7-8-12-17(16)23(20)18(24)14-22(3)13-15-9-5-4-6-10-15/h4-12H,13-14H2,1-3H3,(H,21,25)/p+1. The van der Waals surface area contributed by atoms with Gasteiger partial charge in [0.15, 0.2) is 6.54 Å². The first-order valence-corrected chi connectivity index (χ1v) is 8.48. The minimum Gasteiger partial charge on any atom is -0.326 e. The molecule has 5 heteroatoms. The van der Waals surface area contributed by atoms with E-state index < -0.39 is 5.54 Å². The molecule has 25 heavy (non-hydrogen) atoms. The van der Waals surface area contributed by atoms with Gasteiger partial charge in [-0.3, -0.25) is 14.5 Å². The normalized spacial score (nSPS) is 16.8. The van der Waals surface area contributed by atoms with Crippen molar-refractivity contribution in [3.8, 4) is 0 Å². The van der Waals surface area contributed by atoms with Gasteiger partial charge in [-0.2, -0.15) is 0 Å². The van der Waals surface area contributed by atoms with Crippen LogP contribution in [0.4, 0.5) is 11.4 Å². The van der Waals surface area contributed by atoms with E-state index in [0.717, 1.165) is 17.1 Å². The van der Waals surface area contributed by atoms with Gasteiger partial charge in [0, 0.05) is 5.56 Å². The Morgan fingerprint density at radius 2 is 1.72 bits per heavy atom. The number of anilines is 2. The van der Waals surface area contributed by atoms with Gasteiger partial charge in [0.1, 0.15) is 12.1 Å². The fourth-order valence-electron chi connectivity index (χ4n) is 3.24. The van der Waals surface area contributed by atoms with Crippen LogP contribution in [0.3, 0.4) is 0 Å². The average molecular weight is 338 g/mol. The number of benzene rings is 2. The van der Waals surface area contributed by atoms with Crippen molar-refractivity contribution < 1.29 is 14.5 Å². The van der Waals surface area contributed by atoms with Crippen LogP contribution in [-0.4, -0.2) is 30.9 Å². The first-order valence-electron chi connectivity index (χ1n) is 8.48. The quantitative estimate of drug-likeness (QED) is 0.887. The van der Waals surface area contributed by atoms with Crippen LogP contribution in [-0.2, 0) is 16.1 Å². The Hall–Kier alpha value is -2.66. The van der Waals surface area contributed by atoms with E-state index in [-0.39, 0.29) is 11.8 Å². The lowest BCUT2D eigenvalue weighted by Crippen LogP contribution is -3.09. The van der Waals surface area contributed by atoms with Crippen molar-refractivity contribution in [1.82, 2.24) is 0 Å². The molecular weight excluding hydrogens is 314 g/mol. The third-order valence-corrected chi connectivity index (χ3v) is 4.56. The highest BCUT2D eigenvalue weighted by atomic mass is 16.2. The van der Waals surface area contributed by atoms with Gasteiger partial charge >= 0.3 is 0 Å². The summed E-state index contributed by atoms with van der Waals surface area (Å²) in [6, 6.07) is 17.5. The first kappa shape index (κ1) is 17.2. The van der Waals surface area contributed by atoms with Gasteiger partial charge in [0.05, 0.1) is 18.4 Å². The number of nitrogens with zero attached hydrogens (tertiary/aromatic N) is 1. The summed E-state index contributed by atoms with van der Waals surface area (Å²) in [4.78, 5) is 28.2. The highest BCUT2D eigenvalue weighted by Gasteiger charge is 2.44. The smallest absolute Gasteiger partial charge is 0.283 e. The van der Waals surface area contributed by atoms with Crippen molar-refractivity contribution >= 4 is 23.2 Å². The molecule has 0 spiro atoms. The topological polar surface area (TPSA) is 53.9 Å². The summed E-state index contributed by atoms with van der Waals surface area (Å²) in [6.07, 6.45) is 0. The van der Waals surface area contributed by atoms with Crippen LogP contribution >= 0.6 is 0 Å². The molecule has 3 rings (SSSR count). The van der Waals surface area contributed by atoms with E-state index in [1.165, 1.54) is 5.56 Å². The molecule has 0 aromatic heterocycles. The monoisotopic (exact) mass is 338 g/mol. The summed E-state index contributed by atoms with van der Waals surface area (Å²) in [5, 5.41) is 2.89. The molecule has 0 radical (unpaired) electrons.